The molecule has 0 saturated heterocycles. The number of carbonyl (C=O) groups excluding carboxylic acids is 1. The van der Waals surface area contributed by atoms with E-state index < -0.39 is 36.4 Å². The Kier molecular flexibility index (Phi) is 4.60. The Morgan fingerprint density at radius 3 is 3.04 bits per heavy atom. The second kappa shape index (κ2) is 6.49. The summed E-state index contributed by atoms with van der Waals surface area (Å²) < 4.78 is 7.25. The van der Waals surface area contributed by atoms with Crippen molar-refractivity contribution in [1.82, 2.24) is 20.3 Å². The standard InChI is InChI=1S/C13H21N5O5/c14-2-1-9(19)13(22)16-7-3-8-12(11(21)10(7)20)23-5-6-4-15-17-18(6)8/h4,7-12,19-21H,1-3,5,14H2,(H,16,22)/t7-,8+,9-,10+,11-,12-/m0/s1. The van der Waals surface area contributed by atoms with Gasteiger partial charge in [-0.15, -0.1) is 5.10 Å². The Hall–Kier alpha value is -1.59. The van der Waals surface area contributed by atoms with Crippen LogP contribution in [0.2, 0.25) is 0 Å². The summed E-state index contributed by atoms with van der Waals surface area (Å²) in [6, 6.07) is -1.08. The Labute approximate surface area is 132 Å². The third-order valence-electron chi connectivity index (χ3n) is 4.43. The molecule has 0 spiro atoms. The van der Waals surface area contributed by atoms with E-state index in [1.54, 1.807) is 10.9 Å². The molecular weight excluding hydrogens is 306 g/mol. The highest BCUT2D eigenvalue weighted by molar-refractivity contribution is 5.80. The van der Waals surface area contributed by atoms with E-state index in [9.17, 15) is 20.1 Å². The van der Waals surface area contributed by atoms with E-state index in [1.807, 2.05) is 0 Å². The number of fused-ring (bicyclic) bond motifs is 3. The first-order valence-electron chi connectivity index (χ1n) is 7.58. The number of nitrogens with two attached hydrogens (primary N) is 1. The predicted molar refractivity (Wildman–Crippen MR) is 75.9 cm³/mol. The number of nitrogens with zero attached hydrogens (tertiary/aromatic N) is 3. The van der Waals surface area contributed by atoms with E-state index in [1.165, 1.54) is 0 Å². The summed E-state index contributed by atoms with van der Waals surface area (Å²) in [4.78, 5) is 11.9. The van der Waals surface area contributed by atoms with Crippen molar-refractivity contribution >= 4 is 5.91 Å². The van der Waals surface area contributed by atoms with Gasteiger partial charge in [-0.3, -0.25) is 4.79 Å². The number of aromatic nitrogens is 3. The topological polar surface area (TPSA) is 156 Å². The lowest BCUT2D eigenvalue weighted by Gasteiger charge is -2.44. The zero-order valence-corrected chi connectivity index (χ0v) is 12.4. The van der Waals surface area contributed by atoms with E-state index in [4.69, 9.17) is 10.5 Å². The average Bonchev–Trinajstić information content (AvgIpc) is 3.01. The minimum atomic E-state index is -1.24. The van der Waals surface area contributed by atoms with Crippen LogP contribution in [0, 0.1) is 0 Å². The summed E-state index contributed by atoms with van der Waals surface area (Å²) in [6.07, 6.45) is -2.24. The fourth-order valence-corrected chi connectivity index (χ4v) is 3.18. The van der Waals surface area contributed by atoms with Crippen molar-refractivity contribution in [2.75, 3.05) is 6.54 Å². The molecule has 1 aliphatic heterocycles. The highest BCUT2D eigenvalue weighted by atomic mass is 16.5. The molecule has 1 aliphatic carbocycles. The van der Waals surface area contributed by atoms with Crippen LogP contribution in [0.25, 0.3) is 0 Å². The first-order chi connectivity index (χ1) is 11.0. The minimum Gasteiger partial charge on any atom is -0.388 e. The number of hydrogen-bond acceptors (Lipinski definition) is 8. The van der Waals surface area contributed by atoms with Crippen LogP contribution < -0.4 is 11.1 Å². The van der Waals surface area contributed by atoms with Crippen molar-refractivity contribution in [3.63, 3.8) is 0 Å². The summed E-state index contributed by atoms with van der Waals surface area (Å²) in [5.41, 5.74) is 6.08. The maximum atomic E-state index is 11.9. The lowest BCUT2D eigenvalue weighted by molar-refractivity contribution is -0.166. The van der Waals surface area contributed by atoms with Crippen molar-refractivity contribution in [1.29, 1.82) is 0 Å². The van der Waals surface area contributed by atoms with Crippen molar-refractivity contribution in [2.45, 2.75) is 55.9 Å². The van der Waals surface area contributed by atoms with Crippen LogP contribution >= 0.6 is 0 Å². The van der Waals surface area contributed by atoms with Crippen LogP contribution in [0.15, 0.2) is 6.20 Å². The maximum absolute atomic E-state index is 11.9. The van der Waals surface area contributed by atoms with Crippen molar-refractivity contribution in [3.05, 3.63) is 11.9 Å². The number of nitrogens with one attached hydrogen (secondary N) is 1. The monoisotopic (exact) mass is 327 g/mol. The number of hydrogen-bond donors (Lipinski definition) is 5. The zero-order valence-electron chi connectivity index (χ0n) is 12.4. The predicted octanol–water partition coefficient (Wildman–Crippen LogP) is -2.96. The molecule has 6 N–H and O–H groups in total. The fraction of sp³-hybridized carbons (Fsp3) is 0.769. The molecular formula is C13H21N5O5. The molecule has 2 aliphatic rings. The summed E-state index contributed by atoms with van der Waals surface area (Å²) in [6.45, 7) is 0.426. The molecule has 1 aromatic heterocycles. The van der Waals surface area contributed by atoms with Gasteiger partial charge in [-0.25, -0.2) is 4.68 Å². The lowest BCUT2D eigenvalue weighted by atomic mass is 9.83. The molecule has 0 radical (unpaired) electrons. The molecule has 6 atom stereocenters. The second-order valence-corrected chi connectivity index (χ2v) is 5.94. The molecule has 2 heterocycles. The van der Waals surface area contributed by atoms with E-state index in [0.29, 0.717) is 6.42 Å². The molecule has 128 valence electrons. The van der Waals surface area contributed by atoms with E-state index in [-0.39, 0.29) is 25.6 Å². The van der Waals surface area contributed by atoms with Crippen LogP contribution in [0.1, 0.15) is 24.6 Å². The van der Waals surface area contributed by atoms with Crippen LogP contribution in [-0.2, 0) is 16.1 Å². The van der Waals surface area contributed by atoms with Gasteiger partial charge in [0, 0.05) is 0 Å². The summed E-state index contributed by atoms with van der Waals surface area (Å²) in [5, 5.41) is 40.6. The molecule has 1 fully saturated rings. The van der Waals surface area contributed by atoms with Gasteiger partial charge in [0.1, 0.15) is 24.4 Å². The van der Waals surface area contributed by atoms with Gasteiger partial charge in [0.15, 0.2) is 0 Å². The number of ether oxygens (including phenoxy) is 1. The molecule has 23 heavy (non-hydrogen) atoms. The van der Waals surface area contributed by atoms with E-state index in [0.717, 1.165) is 5.69 Å². The number of aliphatic hydroxyl groups is 3. The maximum Gasteiger partial charge on any atom is 0.249 e. The minimum absolute atomic E-state index is 0.125. The number of amides is 1. The van der Waals surface area contributed by atoms with Gasteiger partial charge in [0.2, 0.25) is 5.91 Å². The second-order valence-electron chi connectivity index (χ2n) is 5.94. The first-order valence-corrected chi connectivity index (χ1v) is 7.58. The molecule has 1 aromatic rings. The van der Waals surface area contributed by atoms with Crippen LogP contribution in [0.4, 0.5) is 0 Å². The SMILES string of the molecule is NCC[C@H](O)C(=O)N[C@H]1C[C@@H]2[C@H](OCc3cnnn32)[C@@H](O)[C@@H]1O. The Morgan fingerprint density at radius 1 is 1.52 bits per heavy atom. The van der Waals surface area contributed by atoms with Gasteiger partial charge < -0.3 is 31.1 Å². The van der Waals surface area contributed by atoms with Crippen LogP contribution in [-0.4, -0.2) is 73.2 Å². The molecule has 10 heteroatoms. The molecule has 0 aromatic carbocycles. The van der Waals surface area contributed by atoms with Crippen molar-refractivity contribution in [3.8, 4) is 0 Å². The quantitative estimate of drug-likeness (QED) is 0.393. The smallest absolute Gasteiger partial charge is 0.249 e. The van der Waals surface area contributed by atoms with Gasteiger partial charge in [0.05, 0.1) is 30.6 Å². The number of carbonyl (C=O) groups is 1. The molecule has 1 amide bonds. The van der Waals surface area contributed by atoms with Gasteiger partial charge in [0.25, 0.3) is 0 Å². The number of aliphatic hydroxyl groups excluding tert-OH is 3. The largest absolute Gasteiger partial charge is 0.388 e. The molecule has 10 nitrogen and oxygen atoms in total. The van der Waals surface area contributed by atoms with Gasteiger partial charge in [-0.05, 0) is 19.4 Å². The third kappa shape index (κ3) is 2.95. The zero-order chi connectivity index (χ0) is 16.6. The average molecular weight is 327 g/mol. The van der Waals surface area contributed by atoms with E-state index >= 15 is 0 Å². The molecule has 3 rings (SSSR count). The number of rotatable bonds is 4. The van der Waals surface area contributed by atoms with Crippen molar-refractivity contribution < 1.29 is 24.9 Å². The molecule has 0 unspecified atom stereocenters. The lowest BCUT2D eigenvalue weighted by Crippen LogP contribution is -2.61. The van der Waals surface area contributed by atoms with E-state index in [2.05, 4.69) is 15.6 Å². The van der Waals surface area contributed by atoms with Crippen molar-refractivity contribution in [2.24, 2.45) is 5.73 Å². The van der Waals surface area contributed by atoms with Crippen LogP contribution in [0.3, 0.4) is 0 Å². The van der Waals surface area contributed by atoms with Gasteiger partial charge in [-0.2, -0.15) is 0 Å². The molecule has 0 bridgehead atoms. The summed E-state index contributed by atoms with van der Waals surface area (Å²) in [7, 11) is 0. The highest BCUT2D eigenvalue weighted by Crippen LogP contribution is 2.35. The van der Waals surface area contributed by atoms with Gasteiger partial charge >= 0.3 is 0 Å². The van der Waals surface area contributed by atoms with Gasteiger partial charge in [-0.1, -0.05) is 5.21 Å². The Bertz CT molecular complexity index is 567. The highest BCUT2D eigenvalue weighted by Gasteiger charge is 2.48. The summed E-state index contributed by atoms with van der Waals surface area (Å²) >= 11 is 0. The third-order valence-corrected chi connectivity index (χ3v) is 4.43. The Morgan fingerprint density at radius 2 is 2.30 bits per heavy atom. The first kappa shape index (κ1) is 16.3. The normalized spacial score (nSPS) is 34.3. The fourth-order valence-electron chi connectivity index (χ4n) is 3.18. The Balaban J connectivity index is 1.75. The molecule has 1 saturated carbocycles. The van der Waals surface area contributed by atoms with Crippen LogP contribution in [0.5, 0.6) is 0 Å². The summed E-state index contributed by atoms with van der Waals surface area (Å²) in [5.74, 6) is -0.624.